The molecule has 0 saturated heterocycles. The van der Waals surface area contributed by atoms with Gasteiger partial charge in [-0.25, -0.2) is 4.39 Å². The lowest BCUT2D eigenvalue weighted by Gasteiger charge is -2.22. The van der Waals surface area contributed by atoms with Crippen molar-refractivity contribution in [1.82, 2.24) is 0 Å². The van der Waals surface area contributed by atoms with E-state index in [2.05, 4.69) is 0 Å². The molecule has 0 aromatic heterocycles. The molecule has 0 nitrogen and oxygen atoms in total. The van der Waals surface area contributed by atoms with Crippen molar-refractivity contribution < 1.29 is 4.39 Å². The summed E-state index contributed by atoms with van der Waals surface area (Å²) in [6.45, 7) is 0. The number of hydrogen-bond donors (Lipinski definition) is 0. The zero-order valence-electron chi connectivity index (χ0n) is 8.10. The zero-order chi connectivity index (χ0) is 9.97. The van der Waals surface area contributed by atoms with E-state index >= 15 is 0 Å². The molecule has 1 aliphatic rings. The van der Waals surface area contributed by atoms with Crippen LogP contribution in [0.3, 0.4) is 0 Å². The van der Waals surface area contributed by atoms with Crippen LogP contribution in [0.5, 0.6) is 0 Å². The first kappa shape index (κ1) is 9.97. The molecular weight excluding hydrogens is 199 g/mol. The van der Waals surface area contributed by atoms with Crippen molar-refractivity contribution in [2.45, 2.75) is 38.0 Å². The van der Waals surface area contributed by atoms with E-state index in [1.807, 2.05) is 6.07 Å². The van der Waals surface area contributed by atoms with E-state index in [0.29, 0.717) is 10.9 Å². The standard InChI is InChI=1S/C12H14ClF/c13-12-8-10(14)6-7-11(12)9-4-2-1-3-5-9/h6-9H,1-5H2. The number of hydrogen-bond acceptors (Lipinski definition) is 0. The Labute approximate surface area is 89.1 Å². The highest BCUT2D eigenvalue weighted by molar-refractivity contribution is 6.31. The lowest BCUT2D eigenvalue weighted by atomic mass is 9.84. The summed E-state index contributed by atoms with van der Waals surface area (Å²) in [5, 5.41) is 0.594. The van der Waals surface area contributed by atoms with Crippen molar-refractivity contribution in [3.63, 3.8) is 0 Å². The summed E-state index contributed by atoms with van der Waals surface area (Å²) in [7, 11) is 0. The Morgan fingerprint density at radius 2 is 1.86 bits per heavy atom. The average molecular weight is 213 g/mol. The molecule has 0 N–H and O–H groups in total. The maximum atomic E-state index is 12.8. The van der Waals surface area contributed by atoms with E-state index in [-0.39, 0.29) is 5.82 Å². The molecular formula is C12H14ClF. The molecule has 76 valence electrons. The van der Waals surface area contributed by atoms with Crippen molar-refractivity contribution in [3.05, 3.63) is 34.6 Å². The third kappa shape index (κ3) is 2.09. The summed E-state index contributed by atoms with van der Waals surface area (Å²) < 4.78 is 12.8. The number of halogens is 2. The van der Waals surface area contributed by atoms with Crippen molar-refractivity contribution in [1.29, 1.82) is 0 Å². The minimum atomic E-state index is -0.241. The van der Waals surface area contributed by atoms with Gasteiger partial charge in [0.15, 0.2) is 0 Å². The molecule has 0 radical (unpaired) electrons. The lowest BCUT2D eigenvalue weighted by molar-refractivity contribution is 0.443. The van der Waals surface area contributed by atoms with Crippen LogP contribution in [0.2, 0.25) is 5.02 Å². The summed E-state index contributed by atoms with van der Waals surface area (Å²) in [6.07, 6.45) is 6.28. The first-order valence-electron chi connectivity index (χ1n) is 5.22. The first-order valence-corrected chi connectivity index (χ1v) is 5.60. The Hall–Kier alpha value is -0.560. The molecule has 0 atom stereocenters. The monoisotopic (exact) mass is 212 g/mol. The van der Waals surface area contributed by atoms with Crippen LogP contribution >= 0.6 is 11.6 Å². The quantitative estimate of drug-likeness (QED) is 0.642. The molecule has 1 aromatic rings. The van der Waals surface area contributed by atoms with Gasteiger partial charge in [0.1, 0.15) is 5.82 Å². The molecule has 2 rings (SSSR count). The predicted molar refractivity (Wildman–Crippen MR) is 57.2 cm³/mol. The van der Waals surface area contributed by atoms with E-state index in [0.717, 1.165) is 5.56 Å². The van der Waals surface area contributed by atoms with Crippen LogP contribution in [0.25, 0.3) is 0 Å². The average Bonchev–Trinajstić information content (AvgIpc) is 2.19. The molecule has 14 heavy (non-hydrogen) atoms. The van der Waals surface area contributed by atoms with Gasteiger partial charge in [-0.15, -0.1) is 0 Å². The second-order valence-electron chi connectivity index (χ2n) is 4.00. The van der Waals surface area contributed by atoms with Gasteiger partial charge in [-0.05, 0) is 36.5 Å². The smallest absolute Gasteiger partial charge is 0.124 e. The summed E-state index contributed by atoms with van der Waals surface area (Å²) in [5.74, 6) is 0.311. The Morgan fingerprint density at radius 3 is 2.50 bits per heavy atom. The van der Waals surface area contributed by atoms with Gasteiger partial charge in [0.25, 0.3) is 0 Å². The lowest BCUT2D eigenvalue weighted by Crippen LogP contribution is -2.05. The van der Waals surface area contributed by atoms with Gasteiger partial charge in [-0.1, -0.05) is 36.9 Å². The third-order valence-electron chi connectivity index (χ3n) is 3.01. The molecule has 0 aliphatic heterocycles. The molecule has 0 bridgehead atoms. The second-order valence-corrected chi connectivity index (χ2v) is 4.41. The summed E-state index contributed by atoms with van der Waals surface area (Å²) >= 11 is 6.02. The van der Waals surface area contributed by atoms with Gasteiger partial charge in [0.05, 0.1) is 0 Å². The van der Waals surface area contributed by atoms with Crippen molar-refractivity contribution in [2.24, 2.45) is 0 Å². The van der Waals surface area contributed by atoms with E-state index in [1.54, 1.807) is 0 Å². The van der Waals surface area contributed by atoms with Gasteiger partial charge < -0.3 is 0 Å². The van der Waals surface area contributed by atoms with Crippen LogP contribution in [-0.2, 0) is 0 Å². The van der Waals surface area contributed by atoms with Crippen molar-refractivity contribution >= 4 is 11.6 Å². The van der Waals surface area contributed by atoms with Crippen LogP contribution in [-0.4, -0.2) is 0 Å². The molecule has 1 fully saturated rings. The third-order valence-corrected chi connectivity index (χ3v) is 3.33. The van der Waals surface area contributed by atoms with E-state index in [9.17, 15) is 4.39 Å². The fourth-order valence-corrected chi connectivity index (χ4v) is 2.57. The fraction of sp³-hybridized carbons (Fsp3) is 0.500. The molecule has 1 aromatic carbocycles. The molecule has 0 spiro atoms. The first-order chi connectivity index (χ1) is 6.77. The van der Waals surface area contributed by atoms with Gasteiger partial charge in [0, 0.05) is 5.02 Å². The zero-order valence-corrected chi connectivity index (χ0v) is 8.86. The van der Waals surface area contributed by atoms with Gasteiger partial charge >= 0.3 is 0 Å². The van der Waals surface area contributed by atoms with Gasteiger partial charge in [0.2, 0.25) is 0 Å². The molecule has 0 amide bonds. The Balaban J connectivity index is 2.22. The van der Waals surface area contributed by atoms with Crippen molar-refractivity contribution in [2.75, 3.05) is 0 Å². The Morgan fingerprint density at radius 1 is 1.14 bits per heavy atom. The fourth-order valence-electron chi connectivity index (χ4n) is 2.25. The summed E-state index contributed by atoms with van der Waals surface area (Å²) in [4.78, 5) is 0. The van der Waals surface area contributed by atoms with Crippen LogP contribution in [0.1, 0.15) is 43.6 Å². The van der Waals surface area contributed by atoms with Crippen LogP contribution in [0.4, 0.5) is 4.39 Å². The SMILES string of the molecule is Fc1ccc(C2CCCCC2)c(Cl)c1. The summed E-state index contributed by atoms with van der Waals surface area (Å²) in [5.41, 5.74) is 1.13. The molecule has 0 unspecified atom stereocenters. The number of benzene rings is 1. The predicted octanol–water partition coefficient (Wildman–Crippen LogP) is 4.53. The molecule has 1 aliphatic carbocycles. The molecule has 1 saturated carbocycles. The number of rotatable bonds is 1. The van der Waals surface area contributed by atoms with Crippen LogP contribution < -0.4 is 0 Å². The largest absolute Gasteiger partial charge is 0.207 e. The maximum absolute atomic E-state index is 12.8. The molecule has 0 heterocycles. The highest BCUT2D eigenvalue weighted by Gasteiger charge is 2.17. The van der Waals surface area contributed by atoms with Crippen LogP contribution in [0.15, 0.2) is 18.2 Å². The highest BCUT2D eigenvalue weighted by Crippen LogP contribution is 2.36. The van der Waals surface area contributed by atoms with E-state index in [4.69, 9.17) is 11.6 Å². The Kier molecular flexibility index (Phi) is 3.07. The minimum absolute atomic E-state index is 0.241. The normalized spacial score (nSPS) is 18.4. The minimum Gasteiger partial charge on any atom is -0.207 e. The highest BCUT2D eigenvalue weighted by atomic mass is 35.5. The summed E-state index contributed by atoms with van der Waals surface area (Å²) in [6, 6.07) is 4.77. The van der Waals surface area contributed by atoms with Crippen LogP contribution in [0, 0.1) is 5.82 Å². The van der Waals surface area contributed by atoms with Crippen molar-refractivity contribution in [3.8, 4) is 0 Å². The topological polar surface area (TPSA) is 0 Å². The molecule has 2 heteroatoms. The maximum Gasteiger partial charge on any atom is 0.124 e. The van der Waals surface area contributed by atoms with E-state index < -0.39 is 0 Å². The van der Waals surface area contributed by atoms with Gasteiger partial charge in [-0.2, -0.15) is 0 Å². The van der Waals surface area contributed by atoms with Gasteiger partial charge in [-0.3, -0.25) is 0 Å². The Bertz CT molecular complexity index is 316. The second kappa shape index (κ2) is 4.31. The van der Waals surface area contributed by atoms with E-state index in [1.165, 1.54) is 44.2 Å².